The number of Topliss-reactive ketones (excluding diaryl/α,β-unsaturated/α-hetero) is 1. The minimum Gasteiger partial charge on any atom is -0.297 e. The fourth-order valence-electron chi connectivity index (χ4n) is 2.79. The van der Waals surface area contributed by atoms with E-state index in [1.807, 2.05) is 13.8 Å². The third-order valence-electron chi connectivity index (χ3n) is 4.06. The molecule has 90 valence electrons. The Morgan fingerprint density at radius 3 is 2.56 bits per heavy atom. The van der Waals surface area contributed by atoms with Crippen LogP contribution in [0.4, 0.5) is 0 Å². The fourth-order valence-corrected chi connectivity index (χ4v) is 2.79. The number of ketones is 1. The van der Waals surface area contributed by atoms with Crippen LogP contribution in [0.5, 0.6) is 0 Å². The molecule has 0 aromatic heterocycles. The Hall–Kier alpha value is -0.840. The first-order valence-corrected chi connectivity index (χ1v) is 6.34. The Morgan fingerprint density at radius 2 is 2.06 bits per heavy atom. The standard InChI is InChI=1S/C14H23NO/c1-5-11(2)9-14(10-15)8-6-7-13(3,4)12(14)16/h11H,5-9H2,1-4H3. The van der Waals surface area contributed by atoms with Gasteiger partial charge in [-0.25, -0.2) is 0 Å². The molecule has 0 spiro atoms. The van der Waals surface area contributed by atoms with E-state index in [-0.39, 0.29) is 11.2 Å². The van der Waals surface area contributed by atoms with E-state index in [4.69, 9.17) is 0 Å². The molecule has 2 nitrogen and oxygen atoms in total. The molecule has 1 aliphatic carbocycles. The zero-order valence-corrected chi connectivity index (χ0v) is 11.0. The van der Waals surface area contributed by atoms with Crippen LogP contribution in [0, 0.1) is 28.1 Å². The molecule has 0 bridgehead atoms. The molecule has 2 atom stereocenters. The van der Waals surface area contributed by atoms with Crippen LogP contribution in [0.25, 0.3) is 0 Å². The first-order valence-electron chi connectivity index (χ1n) is 6.34. The summed E-state index contributed by atoms with van der Waals surface area (Å²) in [7, 11) is 0. The van der Waals surface area contributed by atoms with E-state index in [2.05, 4.69) is 19.9 Å². The van der Waals surface area contributed by atoms with Crippen LogP contribution in [-0.2, 0) is 4.79 Å². The van der Waals surface area contributed by atoms with Gasteiger partial charge < -0.3 is 0 Å². The monoisotopic (exact) mass is 221 g/mol. The van der Waals surface area contributed by atoms with E-state index in [0.29, 0.717) is 5.92 Å². The summed E-state index contributed by atoms with van der Waals surface area (Å²) >= 11 is 0. The van der Waals surface area contributed by atoms with Crippen molar-refractivity contribution in [2.75, 3.05) is 0 Å². The zero-order chi connectivity index (χ0) is 12.4. The van der Waals surface area contributed by atoms with Crippen LogP contribution in [0.2, 0.25) is 0 Å². The molecule has 0 N–H and O–H groups in total. The van der Waals surface area contributed by atoms with Gasteiger partial charge in [0, 0.05) is 5.41 Å². The Labute approximate surface area is 99.0 Å². The van der Waals surface area contributed by atoms with Gasteiger partial charge in [0.1, 0.15) is 5.41 Å². The van der Waals surface area contributed by atoms with Gasteiger partial charge >= 0.3 is 0 Å². The lowest BCUT2D eigenvalue weighted by Crippen LogP contribution is -2.44. The second-order valence-corrected chi connectivity index (χ2v) is 5.98. The minimum absolute atomic E-state index is 0.175. The Balaban J connectivity index is 2.95. The SMILES string of the molecule is CCC(C)CC1(C#N)CCCC(C)(C)C1=O. The summed E-state index contributed by atoms with van der Waals surface area (Å²) in [5.41, 5.74) is -1.00. The summed E-state index contributed by atoms with van der Waals surface area (Å²) < 4.78 is 0. The van der Waals surface area contributed by atoms with E-state index in [9.17, 15) is 10.1 Å². The lowest BCUT2D eigenvalue weighted by Gasteiger charge is -2.40. The number of hydrogen-bond donors (Lipinski definition) is 0. The van der Waals surface area contributed by atoms with E-state index >= 15 is 0 Å². The third kappa shape index (κ3) is 2.29. The molecular weight excluding hydrogens is 198 g/mol. The fraction of sp³-hybridized carbons (Fsp3) is 0.857. The Kier molecular flexibility index (Phi) is 3.78. The summed E-state index contributed by atoms with van der Waals surface area (Å²) in [6.45, 7) is 8.22. The first kappa shape index (κ1) is 13.2. The van der Waals surface area contributed by atoms with Gasteiger partial charge in [-0.2, -0.15) is 5.26 Å². The molecular formula is C14H23NO. The first-order chi connectivity index (χ1) is 7.38. The molecule has 0 aromatic rings. The second kappa shape index (κ2) is 4.57. The van der Waals surface area contributed by atoms with Gasteiger partial charge in [-0.3, -0.25) is 4.79 Å². The van der Waals surface area contributed by atoms with Gasteiger partial charge in [0.05, 0.1) is 6.07 Å². The van der Waals surface area contributed by atoms with Crippen molar-refractivity contribution < 1.29 is 4.79 Å². The molecule has 0 radical (unpaired) electrons. The highest BCUT2D eigenvalue weighted by Gasteiger charge is 2.49. The number of rotatable bonds is 3. The van der Waals surface area contributed by atoms with E-state index in [1.54, 1.807) is 0 Å². The normalized spacial score (nSPS) is 30.8. The molecule has 0 heterocycles. The van der Waals surface area contributed by atoms with Crippen molar-refractivity contribution in [1.82, 2.24) is 0 Å². The van der Waals surface area contributed by atoms with Gasteiger partial charge in [-0.05, 0) is 25.2 Å². The summed E-state index contributed by atoms with van der Waals surface area (Å²) in [6.07, 6.45) is 4.47. The molecule has 1 saturated carbocycles. The van der Waals surface area contributed by atoms with E-state index in [0.717, 1.165) is 32.1 Å². The Bertz CT molecular complexity index is 313. The number of nitriles is 1. The summed E-state index contributed by atoms with van der Waals surface area (Å²) in [5, 5.41) is 9.42. The van der Waals surface area contributed by atoms with Crippen LogP contribution in [0.15, 0.2) is 0 Å². The highest BCUT2D eigenvalue weighted by Crippen LogP contribution is 2.46. The smallest absolute Gasteiger partial charge is 0.158 e. The van der Waals surface area contributed by atoms with Crippen molar-refractivity contribution in [1.29, 1.82) is 5.26 Å². The zero-order valence-electron chi connectivity index (χ0n) is 11.0. The molecule has 0 amide bonds. The predicted molar refractivity (Wildman–Crippen MR) is 64.8 cm³/mol. The van der Waals surface area contributed by atoms with Crippen molar-refractivity contribution in [2.45, 2.75) is 59.8 Å². The largest absolute Gasteiger partial charge is 0.297 e. The van der Waals surface area contributed by atoms with Crippen molar-refractivity contribution in [2.24, 2.45) is 16.7 Å². The van der Waals surface area contributed by atoms with Crippen molar-refractivity contribution in [3.63, 3.8) is 0 Å². The topological polar surface area (TPSA) is 40.9 Å². The third-order valence-corrected chi connectivity index (χ3v) is 4.06. The second-order valence-electron chi connectivity index (χ2n) is 5.98. The summed E-state index contributed by atoms with van der Waals surface area (Å²) in [4.78, 5) is 12.4. The lowest BCUT2D eigenvalue weighted by molar-refractivity contribution is -0.139. The molecule has 0 aromatic carbocycles. The summed E-state index contributed by atoms with van der Waals surface area (Å²) in [5.74, 6) is 0.631. The number of nitrogens with zero attached hydrogens (tertiary/aromatic N) is 1. The average Bonchev–Trinajstić information content (AvgIpc) is 2.24. The molecule has 16 heavy (non-hydrogen) atoms. The molecule has 1 rings (SSSR count). The highest BCUT2D eigenvalue weighted by molar-refractivity contribution is 5.92. The molecule has 2 heteroatoms. The highest BCUT2D eigenvalue weighted by atomic mass is 16.1. The molecule has 2 unspecified atom stereocenters. The van der Waals surface area contributed by atoms with Gasteiger partial charge in [0.15, 0.2) is 5.78 Å². The molecule has 1 aliphatic rings. The van der Waals surface area contributed by atoms with E-state index in [1.165, 1.54) is 0 Å². The van der Waals surface area contributed by atoms with Gasteiger partial charge in [0.2, 0.25) is 0 Å². The van der Waals surface area contributed by atoms with Crippen LogP contribution >= 0.6 is 0 Å². The van der Waals surface area contributed by atoms with Crippen LogP contribution in [-0.4, -0.2) is 5.78 Å². The quantitative estimate of drug-likeness (QED) is 0.729. The van der Waals surface area contributed by atoms with Crippen molar-refractivity contribution >= 4 is 5.78 Å². The maximum absolute atomic E-state index is 12.4. The lowest BCUT2D eigenvalue weighted by atomic mass is 9.60. The number of hydrogen-bond acceptors (Lipinski definition) is 2. The maximum Gasteiger partial charge on any atom is 0.158 e. The predicted octanol–water partition coefficient (Wildman–Crippen LogP) is 3.71. The van der Waals surface area contributed by atoms with Crippen molar-refractivity contribution in [3.05, 3.63) is 0 Å². The van der Waals surface area contributed by atoms with Crippen LogP contribution in [0.1, 0.15) is 59.8 Å². The van der Waals surface area contributed by atoms with Gasteiger partial charge in [-0.1, -0.05) is 40.5 Å². The minimum atomic E-state index is -0.697. The maximum atomic E-state index is 12.4. The van der Waals surface area contributed by atoms with Gasteiger partial charge in [-0.15, -0.1) is 0 Å². The summed E-state index contributed by atoms with van der Waals surface area (Å²) in [6, 6.07) is 2.34. The van der Waals surface area contributed by atoms with Crippen molar-refractivity contribution in [3.8, 4) is 6.07 Å². The number of carbonyl (C=O) groups excluding carboxylic acids is 1. The van der Waals surface area contributed by atoms with Gasteiger partial charge in [0.25, 0.3) is 0 Å². The molecule has 1 fully saturated rings. The molecule has 0 aliphatic heterocycles. The van der Waals surface area contributed by atoms with E-state index < -0.39 is 5.41 Å². The van der Waals surface area contributed by atoms with Crippen LogP contribution < -0.4 is 0 Å². The Morgan fingerprint density at radius 1 is 1.44 bits per heavy atom. The number of carbonyl (C=O) groups is 1. The van der Waals surface area contributed by atoms with Crippen LogP contribution in [0.3, 0.4) is 0 Å². The molecule has 0 saturated heterocycles. The average molecular weight is 221 g/mol.